The van der Waals surface area contributed by atoms with Crippen LogP contribution in [0, 0.1) is 47.4 Å². The molecule has 0 atom stereocenters. The van der Waals surface area contributed by atoms with Crippen molar-refractivity contribution in [3.63, 3.8) is 0 Å². The molecule has 0 saturated carbocycles. The lowest BCUT2D eigenvalue weighted by Gasteiger charge is -2.14. The summed E-state index contributed by atoms with van der Waals surface area (Å²) in [6, 6.07) is 19.7. The van der Waals surface area contributed by atoms with E-state index in [1.165, 1.54) is 0 Å². The van der Waals surface area contributed by atoms with Crippen LogP contribution >= 0.6 is 0 Å². The zero-order valence-corrected chi connectivity index (χ0v) is 74.8. The lowest BCUT2D eigenvalue weighted by molar-refractivity contribution is 0.0482. The Labute approximate surface area is 721 Å². The van der Waals surface area contributed by atoms with Crippen molar-refractivity contribution in [1.82, 2.24) is 0 Å². The van der Waals surface area contributed by atoms with Gasteiger partial charge in [0.2, 0.25) is 0 Å². The van der Waals surface area contributed by atoms with E-state index in [4.69, 9.17) is 47.4 Å². The third-order valence-corrected chi connectivity index (χ3v) is 20.4. The summed E-state index contributed by atoms with van der Waals surface area (Å²) >= 11 is 0. The highest BCUT2D eigenvalue weighted by Gasteiger charge is 2.24. The molecule has 5 aromatic carbocycles. The van der Waals surface area contributed by atoms with Gasteiger partial charge in [0, 0.05) is 46.5 Å². The van der Waals surface area contributed by atoms with E-state index in [0.29, 0.717) is 97.4 Å². The highest BCUT2D eigenvalue weighted by atomic mass is 16.6. The summed E-state index contributed by atoms with van der Waals surface area (Å²) in [5, 5.41) is 0. The molecule has 16 nitrogen and oxygen atoms in total. The van der Waals surface area contributed by atoms with Crippen LogP contribution in [0.2, 0.25) is 0 Å². The lowest BCUT2D eigenvalue weighted by Crippen LogP contribution is -2.13. The molecule has 0 spiro atoms. The van der Waals surface area contributed by atoms with Crippen molar-refractivity contribution in [1.29, 1.82) is 0 Å². The maximum atomic E-state index is 15.0. The van der Waals surface area contributed by atoms with E-state index in [0.717, 1.165) is 231 Å². The monoisotopic (exact) mass is 1650 g/mol. The summed E-state index contributed by atoms with van der Waals surface area (Å²) in [6.07, 6.45) is 36.6. The predicted molar refractivity (Wildman–Crippen MR) is 481 cm³/mol. The summed E-state index contributed by atoms with van der Waals surface area (Å²) in [7, 11) is 0. The molecule has 0 fully saturated rings. The molecule has 5 aromatic rings. The molecule has 0 bridgehead atoms. The number of hydrogen-bond donors (Lipinski definition) is 0. The fourth-order valence-corrected chi connectivity index (χ4v) is 13.1. The van der Waals surface area contributed by atoms with Crippen LogP contribution in [0.4, 0.5) is 0 Å². The standard InChI is InChI=1S/C104H142O16/c1-11-21-31-41-63-111-95-79-87(97(113-65-43-33-23-13-3)77-85(95)55-51-81-73-89(99(105)115-67-45-35-25-15-5)59-61-91(81)101(107)117-69-47-37-27-17-7)57-53-83-75-94(104(110)120-72-50-40-30-20-10)84(76-93(83)103(109)119-71-49-39-29-19-9)54-58-88-80-96(112-64-42-32-22-12-2)86(78-98(88)114-66-44-34-24-14-4)56-52-82-74-90(100(106)116-68-46-36-26-16-6)60-62-92(82)102(108)118-70-48-38-28-18-8/h59-62,73-80H,11-50,63-72H2,1-10H3. The minimum absolute atomic E-state index is 0.0646. The summed E-state index contributed by atoms with van der Waals surface area (Å²) in [4.78, 5) is 85.3. The highest BCUT2D eigenvalue weighted by molar-refractivity contribution is 5.99. The number of benzene rings is 5. The highest BCUT2D eigenvalue weighted by Crippen LogP contribution is 2.33. The van der Waals surface area contributed by atoms with Crippen molar-refractivity contribution < 1.29 is 76.1 Å². The second kappa shape index (κ2) is 63.4. The van der Waals surface area contributed by atoms with Crippen molar-refractivity contribution >= 4 is 35.8 Å². The van der Waals surface area contributed by atoms with Crippen LogP contribution in [-0.2, 0) is 28.4 Å². The maximum Gasteiger partial charge on any atom is 0.339 e. The first-order chi connectivity index (χ1) is 58.7. The number of rotatable bonds is 60. The molecular formula is C104H142O16. The molecule has 5 rings (SSSR count). The Kier molecular flexibility index (Phi) is 53.3. The zero-order valence-electron chi connectivity index (χ0n) is 74.8. The van der Waals surface area contributed by atoms with E-state index in [-0.39, 0.29) is 95.3 Å². The molecule has 0 aliphatic rings. The van der Waals surface area contributed by atoms with Crippen LogP contribution in [0.5, 0.6) is 23.0 Å². The molecule has 16 heteroatoms. The Balaban J connectivity index is 1.86. The van der Waals surface area contributed by atoms with Crippen molar-refractivity contribution in [3.05, 3.63) is 151 Å². The number of hydrogen-bond acceptors (Lipinski definition) is 16. The Morgan fingerprint density at radius 3 is 0.592 bits per heavy atom. The molecule has 0 aliphatic heterocycles. The Hall–Kier alpha value is -9.64. The van der Waals surface area contributed by atoms with E-state index in [1.54, 1.807) is 72.8 Å². The minimum Gasteiger partial charge on any atom is -0.492 e. The molecule has 0 saturated heterocycles. The van der Waals surface area contributed by atoms with Gasteiger partial charge < -0.3 is 47.4 Å². The van der Waals surface area contributed by atoms with Gasteiger partial charge in [-0.3, -0.25) is 0 Å². The maximum absolute atomic E-state index is 15.0. The first-order valence-electron chi connectivity index (χ1n) is 46.2. The molecular weight excluding hydrogens is 1510 g/mol. The van der Waals surface area contributed by atoms with E-state index in [9.17, 15) is 19.2 Å². The van der Waals surface area contributed by atoms with Gasteiger partial charge in [0.15, 0.2) is 0 Å². The first kappa shape index (κ1) is 101. The Bertz CT molecular complexity index is 3890. The molecule has 0 radical (unpaired) electrons. The van der Waals surface area contributed by atoms with Gasteiger partial charge in [-0.15, -0.1) is 0 Å². The van der Waals surface area contributed by atoms with Crippen LogP contribution in [0.25, 0.3) is 0 Å². The number of ether oxygens (including phenoxy) is 10. The zero-order chi connectivity index (χ0) is 86.4. The quantitative estimate of drug-likeness (QED) is 0.0154. The van der Waals surface area contributed by atoms with Crippen LogP contribution in [0.3, 0.4) is 0 Å². The van der Waals surface area contributed by atoms with Crippen LogP contribution in [0.1, 0.15) is 433 Å². The second-order valence-corrected chi connectivity index (χ2v) is 31.0. The van der Waals surface area contributed by atoms with E-state index >= 15 is 9.59 Å². The lowest BCUT2D eigenvalue weighted by atomic mass is 9.97. The number of esters is 6. The summed E-state index contributed by atoms with van der Waals surface area (Å²) in [5.41, 5.74) is 3.64. The minimum atomic E-state index is -0.664. The predicted octanol–water partition coefficient (Wildman–Crippen LogP) is 25.5. The number of unbranched alkanes of at least 4 members (excludes halogenated alkanes) is 30. The van der Waals surface area contributed by atoms with Crippen LogP contribution in [0.15, 0.2) is 72.8 Å². The van der Waals surface area contributed by atoms with Crippen molar-refractivity contribution in [2.45, 2.75) is 326 Å². The van der Waals surface area contributed by atoms with Crippen molar-refractivity contribution in [3.8, 4) is 70.4 Å². The Morgan fingerprint density at radius 1 is 0.192 bits per heavy atom. The molecule has 654 valence electrons. The van der Waals surface area contributed by atoms with Gasteiger partial charge >= 0.3 is 35.8 Å². The fourth-order valence-electron chi connectivity index (χ4n) is 13.1. The van der Waals surface area contributed by atoms with Gasteiger partial charge in [0.25, 0.3) is 0 Å². The van der Waals surface area contributed by atoms with Crippen molar-refractivity contribution in [2.75, 3.05) is 66.1 Å². The first-order valence-corrected chi connectivity index (χ1v) is 46.2. The van der Waals surface area contributed by atoms with Gasteiger partial charge in [-0.25, -0.2) is 28.8 Å². The van der Waals surface area contributed by atoms with Crippen LogP contribution < -0.4 is 18.9 Å². The Morgan fingerprint density at radius 2 is 0.375 bits per heavy atom. The van der Waals surface area contributed by atoms with Crippen molar-refractivity contribution in [2.24, 2.45) is 0 Å². The number of carbonyl (C=O) groups is 6. The van der Waals surface area contributed by atoms with E-state index in [2.05, 4.69) is 117 Å². The molecule has 0 aromatic heterocycles. The summed E-state index contributed by atoms with van der Waals surface area (Å²) in [5.74, 6) is 24.6. The third-order valence-electron chi connectivity index (χ3n) is 20.4. The average Bonchev–Trinajstić information content (AvgIpc) is 0.790. The molecule has 0 aliphatic carbocycles. The fraction of sp³-hybridized carbons (Fsp3) is 0.577. The van der Waals surface area contributed by atoms with Gasteiger partial charge in [-0.05, 0) is 113 Å². The van der Waals surface area contributed by atoms with Gasteiger partial charge in [0.05, 0.1) is 122 Å². The smallest absolute Gasteiger partial charge is 0.339 e. The SMILES string of the molecule is CCCCCCOC(=O)c1ccc(C(=O)OCCCCCC)c(C#Cc2cc(OCCCCCC)c(C#Cc3cc(C(=O)OCCCCCC)c(C#Cc4cc(OCCCCCC)c(C#Cc5cc(C(=O)OCCCCCC)ccc5C(=O)OCCCCCC)cc4OCCCCCC)cc3C(=O)OCCCCCC)cc2OCCCCCC)c1. The normalized spacial score (nSPS) is 10.7. The molecule has 0 unspecified atom stereocenters. The average molecular weight is 1650 g/mol. The molecule has 0 N–H and O–H groups in total. The molecule has 0 heterocycles. The van der Waals surface area contributed by atoms with Gasteiger partial charge in [-0.1, -0.05) is 309 Å². The van der Waals surface area contributed by atoms with Gasteiger partial charge in [0.1, 0.15) is 23.0 Å². The van der Waals surface area contributed by atoms with E-state index < -0.39 is 35.8 Å². The molecule has 120 heavy (non-hydrogen) atoms. The summed E-state index contributed by atoms with van der Waals surface area (Å²) < 4.78 is 62.2. The van der Waals surface area contributed by atoms with Crippen LogP contribution in [-0.4, -0.2) is 102 Å². The third kappa shape index (κ3) is 39.3. The second-order valence-electron chi connectivity index (χ2n) is 31.0. The number of carbonyl (C=O) groups excluding carboxylic acids is 6. The topological polar surface area (TPSA) is 195 Å². The molecule has 0 amide bonds. The van der Waals surface area contributed by atoms with Gasteiger partial charge in [-0.2, -0.15) is 0 Å². The largest absolute Gasteiger partial charge is 0.492 e. The summed E-state index contributed by atoms with van der Waals surface area (Å²) in [6.45, 7) is 24.0. The van der Waals surface area contributed by atoms with E-state index in [1.807, 2.05) is 0 Å².